The Hall–Kier alpha value is -4.78. The lowest BCUT2D eigenvalue weighted by Gasteiger charge is -2.20. The van der Waals surface area contributed by atoms with Gasteiger partial charge in [0.2, 0.25) is 5.54 Å². The molecule has 1 saturated heterocycles. The van der Waals surface area contributed by atoms with Crippen LogP contribution in [0.15, 0.2) is 42.6 Å². The van der Waals surface area contributed by atoms with Gasteiger partial charge in [-0.05, 0) is 36.4 Å². The summed E-state index contributed by atoms with van der Waals surface area (Å²) >= 11 is 0. The first-order valence-corrected chi connectivity index (χ1v) is 9.82. The zero-order valence-corrected chi connectivity index (χ0v) is 17.2. The van der Waals surface area contributed by atoms with Crippen LogP contribution >= 0.6 is 0 Å². The smallest absolute Gasteiger partial charge is 0.323 e. The van der Waals surface area contributed by atoms with Crippen LogP contribution in [0.25, 0.3) is 10.8 Å². The van der Waals surface area contributed by atoms with Crippen molar-refractivity contribution in [1.82, 2.24) is 15.2 Å². The van der Waals surface area contributed by atoms with Crippen molar-refractivity contribution in [3.05, 3.63) is 53.7 Å². The maximum atomic E-state index is 12.7. The topological polar surface area (TPSA) is 139 Å². The van der Waals surface area contributed by atoms with Crippen molar-refractivity contribution in [2.24, 2.45) is 0 Å². The van der Waals surface area contributed by atoms with Crippen molar-refractivity contribution in [3.63, 3.8) is 0 Å². The van der Waals surface area contributed by atoms with Gasteiger partial charge in [0.15, 0.2) is 5.88 Å². The monoisotopic (exact) mass is 444 g/mol. The van der Waals surface area contributed by atoms with Crippen molar-refractivity contribution in [3.8, 4) is 23.5 Å². The standard InChI is InChI=1S/C23H16N4O6/c1-33-14-4-3-13-10-27(20(30)15(13)9-14)11-23(21(31)25-22(32)26-23)7-6-12-2-5-17-16(8-12)18(28)19(29)24-17/h2-5,8-10,30H,11H2,1H3,(H,24,28,29)(H2,25,26,31,32)/t23-/m1/s1. The summed E-state index contributed by atoms with van der Waals surface area (Å²) in [5.41, 5.74) is -0.732. The molecule has 3 aromatic rings. The van der Waals surface area contributed by atoms with Gasteiger partial charge >= 0.3 is 6.03 Å². The number of hydrogen-bond donors (Lipinski definition) is 4. The molecule has 10 nitrogen and oxygen atoms in total. The highest BCUT2D eigenvalue weighted by Crippen LogP contribution is 2.32. The maximum absolute atomic E-state index is 12.7. The number of imide groups is 1. The number of nitrogens with zero attached hydrogens (tertiary/aromatic N) is 1. The lowest BCUT2D eigenvalue weighted by molar-refractivity contribution is -0.122. The Morgan fingerprint density at radius 2 is 1.91 bits per heavy atom. The number of ether oxygens (including phenoxy) is 1. The molecule has 4 amide bonds. The predicted molar refractivity (Wildman–Crippen MR) is 116 cm³/mol. The molecule has 0 spiro atoms. The van der Waals surface area contributed by atoms with Gasteiger partial charge in [0.25, 0.3) is 17.6 Å². The molecule has 1 aromatic heterocycles. The van der Waals surface area contributed by atoms with Crippen molar-refractivity contribution < 1.29 is 29.0 Å². The molecule has 5 rings (SSSR count). The SMILES string of the molecule is COc1ccc2cn(C[C@@]3(C#Cc4ccc5c(c4)C(=O)C(=O)N5)NC(=O)NC3=O)c(O)c2c1. The van der Waals surface area contributed by atoms with Gasteiger partial charge in [0, 0.05) is 22.5 Å². The molecule has 164 valence electrons. The molecule has 0 aliphatic carbocycles. The highest BCUT2D eigenvalue weighted by Gasteiger charge is 2.46. The number of aromatic nitrogens is 1. The van der Waals surface area contributed by atoms with Crippen LogP contribution in [0, 0.1) is 11.8 Å². The molecule has 2 aliphatic rings. The Labute approximate surface area is 186 Å². The fourth-order valence-electron chi connectivity index (χ4n) is 3.86. The van der Waals surface area contributed by atoms with Crippen LogP contribution < -0.4 is 20.7 Å². The van der Waals surface area contributed by atoms with E-state index in [2.05, 4.69) is 27.8 Å². The van der Waals surface area contributed by atoms with Crippen LogP contribution in [0.2, 0.25) is 0 Å². The Morgan fingerprint density at radius 3 is 2.64 bits per heavy atom. The van der Waals surface area contributed by atoms with Crippen LogP contribution in [-0.2, 0) is 16.1 Å². The summed E-state index contributed by atoms with van der Waals surface area (Å²) in [5.74, 6) is 3.95. The molecule has 0 unspecified atom stereocenters. The largest absolute Gasteiger partial charge is 0.497 e. The van der Waals surface area contributed by atoms with E-state index in [0.717, 1.165) is 0 Å². The quantitative estimate of drug-likeness (QED) is 0.271. The summed E-state index contributed by atoms with van der Waals surface area (Å²) in [6, 6.07) is 9.00. The number of anilines is 1. The van der Waals surface area contributed by atoms with E-state index in [9.17, 15) is 24.3 Å². The Morgan fingerprint density at radius 1 is 1.09 bits per heavy atom. The van der Waals surface area contributed by atoms with E-state index in [1.54, 1.807) is 36.5 Å². The zero-order chi connectivity index (χ0) is 23.3. The number of urea groups is 1. The number of ketones is 1. The number of hydrogen-bond acceptors (Lipinski definition) is 6. The number of carbonyl (C=O) groups is 4. The number of benzene rings is 2. The van der Waals surface area contributed by atoms with Crippen LogP contribution in [0.1, 0.15) is 15.9 Å². The maximum Gasteiger partial charge on any atom is 0.323 e. The fourth-order valence-corrected chi connectivity index (χ4v) is 3.86. The van der Waals surface area contributed by atoms with Crippen LogP contribution in [0.4, 0.5) is 10.5 Å². The fraction of sp³-hybridized carbons (Fsp3) is 0.130. The first kappa shape index (κ1) is 20.1. The minimum Gasteiger partial charge on any atom is -0.497 e. The van der Waals surface area contributed by atoms with Gasteiger partial charge < -0.3 is 25.0 Å². The van der Waals surface area contributed by atoms with Crippen LogP contribution in [0.5, 0.6) is 11.6 Å². The second-order valence-electron chi connectivity index (χ2n) is 7.64. The third kappa shape index (κ3) is 3.23. The third-order valence-electron chi connectivity index (χ3n) is 5.56. The normalized spacial score (nSPS) is 18.9. The van der Waals surface area contributed by atoms with Gasteiger partial charge in [-0.3, -0.25) is 19.7 Å². The highest BCUT2D eigenvalue weighted by atomic mass is 16.5. The average Bonchev–Trinajstić information content (AvgIpc) is 3.37. The second-order valence-corrected chi connectivity index (χ2v) is 7.64. The summed E-state index contributed by atoms with van der Waals surface area (Å²) < 4.78 is 6.61. The number of aromatic hydroxyl groups is 1. The molecule has 10 heteroatoms. The number of amides is 4. The number of fused-ring (bicyclic) bond motifs is 2. The van der Waals surface area contributed by atoms with Crippen molar-refractivity contribution in [2.45, 2.75) is 12.1 Å². The van der Waals surface area contributed by atoms with E-state index in [4.69, 9.17) is 4.74 Å². The highest BCUT2D eigenvalue weighted by molar-refractivity contribution is 6.51. The molecule has 4 N–H and O–H groups in total. The van der Waals surface area contributed by atoms with Crippen LogP contribution in [0.3, 0.4) is 0 Å². The lowest BCUT2D eigenvalue weighted by Crippen LogP contribution is -2.49. The molecule has 2 aromatic carbocycles. The van der Waals surface area contributed by atoms with E-state index < -0.39 is 29.2 Å². The molecular formula is C23H16N4O6. The van der Waals surface area contributed by atoms with Crippen LogP contribution in [-0.4, -0.2) is 46.0 Å². The van der Waals surface area contributed by atoms with Gasteiger partial charge in [-0.15, -0.1) is 0 Å². The van der Waals surface area contributed by atoms with E-state index in [1.165, 1.54) is 17.7 Å². The number of nitrogens with one attached hydrogen (secondary N) is 3. The zero-order valence-electron chi connectivity index (χ0n) is 17.2. The van der Waals surface area contributed by atoms with E-state index in [1.807, 2.05) is 0 Å². The van der Waals surface area contributed by atoms with Crippen molar-refractivity contribution in [1.29, 1.82) is 0 Å². The molecule has 1 fully saturated rings. The van der Waals surface area contributed by atoms with E-state index in [0.29, 0.717) is 27.8 Å². The number of methoxy groups -OCH3 is 1. The third-order valence-corrected chi connectivity index (χ3v) is 5.56. The Kier molecular flexibility index (Phi) is 4.35. The lowest BCUT2D eigenvalue weighted by atomic mass is 9.99. The molecule has 33 heavy (non-hydrogen) atoms. The Balaban J connectivity index is 1.54. The summed E-state index contributed by atoms with van der Waals surface area (Å²) in [7, 11) is 1.51. The van der Waals surface area contributed by atoms with E-state index >= 15 is 0 Å². The number of Topliss-reactive ketones (excluding diaryl/α,β-unsaturated/α-hetero) is 1. The average molecular weight is 444 g/mol. The van der Waals surface area contributed by atoms with Gasteiger partial charge in [0.05, 0.1) is 24.9 Å². The molecule has 0 saturated carbocycles. The van der Waals surface area contributed by atoms with Gasteiger partial charge in [-0.1, -0.05) is 11.8 Å². The number of rotatable bonds is 3. The van der Waals surface area contributed by atoms with Crippen molar-refractivity contribution >= 4 is 40.1 Å². The first-order valence-electron chi connectivity index (χ1n) is 9.82. The minimum atomic E-state index is -1.68. The second kappa shape index (κ2) is 7.13. The molecular weight excluding hydrogens is 428 g/mol. The molecule has 3 heterocycles. The molecule has 0 radical (unpaired) electrons. The summed E-state index contributed by atoms with van der Waals surface area (Å²) in [6.07, 6.45) is 1.64. The first-order chi connectivity index (χ1) is 15.8. The van der Waals surface area contributed by atoms with E-state index in [-0.39, 0.29) is 18.0 Å². The summed E-state index contributed by atoms with van der Waals surface area (Å²) in [5, 5.41) is 19.1. The number of carbonyl (C=O) groups excluding carboxylic acids is 4. The van der Waals surface area contributed by atoms with Gasteiger partial charge in [-0.25, -0.2) is 4.79 Å². The molecule has 0 bridgehead atoms. The molecule has 1 atom stereocenters. The van der Waals surface area contributed by atoms with Gasteiger partial charge in [0.1, 0.15) is 5.75 Å². The van der Waals surface area contributed by atoms with Gasteiger partial charge in [-0.2, -0.15) is 0 Å². The summed E-state index contributed by atoms with van der Waals surface area (Å²) in [6.45, 7) is -0.176. The Bertz CT molecular complexity index is 1460. The van der Waals surface area contributed by atoms with Crippen molar-refractivity contribution in [2.75, 3.05) is 12.4 Å². The minimum absolute atomic E-state index is 0.119. The molecule has 2 aliphatic heterocycles. The summed E-state index contributed by atoms with van der Waals surface area (Å²) in [4.78, 5) is 48.2. The predicted octanol–water partition coefficient (Wildman–Crippen LogP) is 1.12.